The number of fused-ring (bicyclic) bond motifs is 2. The van der Waals surface area contributed by atoms with Gasteiger partial charge in [-0.2, -0.15) is 5.10 Å². The molecule has 0 aliphatic carbocycles. The molecule has 0 bridgehead atoms. The number of aromatic nitrogens is 6. The Morgan fingerprint density at radius 3 is 2.79 bits per heavy atom. The summed E-state index contributed by atoms with van der Waals surface area (Å²) in [6.07, 6.45) is 9.05. The second-order valence-electron chi connectivity index (χ2n) is 9.12. The van der Waals surface area contributed by atoms with Crippen LogP contribution in [0.3, 0.4) is 0 Å². The molecule has 6 rings (SSSR count). The fourth-order valence-electron chi connectivity index (χ4n) is 4.55. The Kier molecular flexibility index (Phi) is 6.09. The maximum atomic E-state index is 13.9. The zero-order valence-corrected chi connectivity index (χ0v) is 20.6. The predicted octanol–water partition coefficient (Wildman–Crippen LogP) is 6.50. The molecular weight excluding hydrogens is 481 g/mol. The summed E-state index contributed by atoms with van der Waals surface area (Å²) >= 11 is 0. The number of rotatable bonds is 7. The number of hydrogen-bond acceptors (Lipinski definition) is 5. The third-order valence-electron chi connectivity index (χ3n) is 6.45. The summed E-state index contributed by atoms with van der Waals surface area (Å²) in [7, 11) is 0. The van der Waals surface area contributed by atoms with E-state index in [1.54, 1.807) is 30.9 Å². The second-order valence-corrected chi connectivity index (χ2v) is 9.12. The lowest BCUT2D eigenvalue weighted by molar-refractivity contribution is -0.116. The fourth-order valence-corrected chi connectivity index (χ4v) is 4.55. The topological polar surface area (TPSA) is 112 Å². The number of amides is 1. The molecule has 5 heterocycles. The number of H-pyrrole nitrogens is 2. The minimum absolute atomic E-state index is 0.0311. The highest BCUT2D eigenvalue weighted by atomic mass is 19.1. The van der Waals surface area contributed by atoms with Crippen LogP contribution < -0.4 is 5.32 Å². The monoisotopic (exact) mass is 505 g/mol. The van der Waals surface area contributed by atoms with Gasteiger partial charge in [0.2, 0.25) is 5.91 Å². The molecule has 1 aromatic carbocycles. The molecule has 0 radical (unpaired) electrons. The molecule has 0 saturated heterocycles. The number of anilines is 1. The number of unbranched alkanes of at least 4 members (excludes halogenated alkanes) is 1. The van der Waals surface area contributed by atoms with Gasteiger partial charge in [-0.3, -0.25) is 19.9 Å². The Hall–Kier alpha value is -4.92. The number of nitrogens with zero attached hydrogens (tertiary/aromatic N) is 4. The summed E-state index contributed by atoms with van der Waals surface area (Å²) in [5.41, 5.74) is 6.70. The number of carbonyl (C=O) groups is 1. The van der Waals surface area contributed by atoms with E-state index in [0.29, 0.717) is 29.1 Å². The van der Waals surface area contributed by atoms with Gasteiger partial charge in [0.1, 0.15) is 17.2 Å². The first kappa shape index (κ1) is 23.5. The molecule has 0 fully saturated rings. The number of hydrogen-bond donors (Lipinski definition) is 3. The van der Waals surface area contributed by atoms with E-state index in [9.17, 15) is 9.18 Å². The molecule has 9 heteroatoms. The van der Waals surface area contributed by atoms with Crippen molar-refractivity contribution in [2.45, 2.75) is 26.2 Å². The molecule has 0 unspecified atom stereocenters. The first-order valence-electron chi connectivity index (χ1n) is 12.4. The lowest BCUT2D eigenvalue weighted by atomic mass is 10.0. The Bertz CT molecular complexity index is 1790. The Morgan fingerprint density at radius 2 is 1.92 bits per heavy atom. The minimum Gasteiger partial charge on any atom is -0.338 e. The van der Waals surface area contributed by atoms with Crippen molar-refractivity contribution in [2.75, 3.05) is 5.32 Å². The van der Waals surface area contributed by atoms with Crippen LogP contribution >= 0.6 is 0 Å². The zero-order chi connectivity index (χ0) is 26.1. The van der Waals surface area contributed by atoms with Gasteiger partial charge in [0.05, 0.1) is 35.0 Å². The van der Waals surface area contributed by atoms with E-state index in [1.807, 2.05) is 30.3 Å². The van der Waals surface area contributed by atoms with Gasteiger partial charge in [-0.25, -0.2) is 9.37 Å². The van der Waals surface area contributed by atoms with E-state index in [1.165, 1.54) is 12.1 Å². The van der Waals surface area contributed by atoms with Crippen molar-refractivity contribution in [3.05, 3.63) is 79.1 Å². The number of aromatic amines is 2. The van der Waals surface area contributed by atoms with Crippen LogP contribution in [0, 0.1) is 5.82 Å². The molecule has 3 N–H and O–H groups in total. The Labute approximate surface area is 217 Å². The van der Waals surface area contributed by atoms with Gasteiger partial charge in [-0.15, -0.1) is 0 Å². The lowest BCUT2D eigenvalue weighted by Crippen LogP contribution is -2.11. The number of carbonyl (C=O) groups excluding carboxylic acids is 1. The summed E-state index contributed by atoms with van der Waals surface area (Å²) in [6.45, 7) is 2.05. The van der Waals surface area contributed by atoms with Crippen LogP contribution in [0.1, 0.15) is 26.2 Å². The average molecular weight is 506 g/mol. The highest BCUT2D eigenvalue weighted by Crippen LogP contribution is 2.34. The van der Waals surface area contributed by atoms with E-state index in [4.69, 9.17) is 0 Å². The molecule has 0 aliphatic rings. The Balaban J connectivity index is 1.37. The number of pyridine rings is 3. The van der Waals surface area contributed by atoms with Crippen LogP contribution in [0.4, 0.5) is 10.1 Å². The quantitative estimate of drug-likeness (QED) is 0.229. The summed E-state index contributed by atoms with van der Waals surface area (Å²) in [6, 6.07) is 14.2. The molecule has 188 valence electrons. The molecule has 0 spiro atoms. The van der Waals surface area contributed by atoms with Gasteiger partial charge >= 0.3 is 0 Å². The van der Waals surface area contributed by atoms with E-state index < -0.39 is 0 Å². The predicted molar refractivity (Wildman–Crippen MR) is 146 cm³/mol. The molecular formula is C29H24FN7O. The van der Waals surface area contributed by atoms with Crippen LogP contribution in [-0.4, -0.2) is 36.0 Å². The molecule has 5 aromatic heterocycles. The van der Waals surface area contributed by atoms with E-state index in [0.717, 1.165) is 51.5 Å². The van der Waals surface area contributed by atoms with Crippen molar-refractivity contribution in [1.82, 2.24) is 30.1 Å². The van der Waals surface area contributed by atoms with Crippen molar-refractivity contribution in [1.29, 1.82) is 0 Å². The summed E-state index contributed by atoms with van der Waals surface area (Å²) < 4.78 is 13.9. The highest BCUT2D eigenvalue weighted by Gasteiger charge is 2.16. The molecule has 0 aliphatic heterocycles. The van der Waals surface area contributed by atoms with Crippen molar-refractivity contribution in [3.63, 3.8) is 0 Å². The van der Waals surface area contributed by atoms with Crippen molar-refractivity contribution in [3.8, 4) is 33.8 Å². The number of nitrogens with one attached hydrogen (secondary N) is 3. The van der Waals surface area contributed by atoms with Crippen LogP contribution in [0.5, 0.6) is 0 Å². The summed E-state index contributed by atoms with van der Waals surface area (Å²) in [4.78, 5) is 28.9. The van der Waals surface area contributed by atoms with E-state index >= 15 is 0 Å². The first-order chi connectivity index (χ1) is 18.6. The van der Waals surface area contributed by atoms with E-state index in [2.05, 4.69) is 42.4 Å². The maximum absolute atomic E-state index is 13.9. The van der Waals surface area contributed by atoms with Crippen LogP contribution in [0.2, 0.25) is 0 Å². The largest absolute Gasteiger partial charge is 0.338 e. The molecule has 0 saturated carbocycles. The third kappa shape index (κ3) is 4.50. The van der Waals surface area contributed by atoms with Crippen molar-refractivity contribution < 1.29 is 9.18 Å². The molecule has 6 aromatic rings. The van der Waals surface area contributed by atoms with Gasteiger partial charge in [0, 0.05) is 35.2 Å². The summed E-state index contributed by atoms with van der Waals surface area (Å²) in [5.74, 6) is -0.322. The molecule has 1 amide bonds. The molecule has 0 atom stereocenters. The third-order valence-corrected chi connectivity index (χ3v) is 6.45. The molecule has 38 heavy (non-hydrogen) atoms. The average Bonchev–Trinajstić information content (AvgIpc) is 3.55. The second kappa shape index (κ2) is 9.85. The maximum Gasteiger partial charge on any atom is 0.224 e. The zero-order valence-electron chi connectivity index (χ0n) is 20.6. The van der Waals surface area contributed by atoms with Crippen LogP contribution in [-0.2, 0) is 4.79 Å². The Morgan fingerprint density at radius 1 is 1.00 bits per heavy atom. The van der Waals surface area contributed by atoms with Crippen LogP contribution in [0.25, 0.3) is 55.7 Å². The van der Waals surface area contributed by atoms with Gasteiger partial charge in [-0.1, -0.05) is 25.5 Å². The van der Waals surface area contributed by atoms with Crippen molar-refractivity contribution >= 4 is 33.5 Å². The SMILES string of the molecule is CCCCC(=O)Nc1cncc(-c2cc3c(-c4cc5c(-c6cccc(F)c6)ccnc5[nH]4)n[nH]c3cn2)c1. The van der Waals surface area contributed by atoms with E-state index in [-0.39, 0.29) is 11.7 Å². The van der Waals surface area contributed by atoms with Gasteiger partial charge in [-0.05, 0) is 53.9 Å². The van der Waals surface area contributed by atoms with Gasteiger partial charge in [0.25, 0.3) is 0 Å². The number of halogens is 1. The van der Waals surface area contributed by atoms with Gasteiger partial charge < -0.3 is 10.3 Å². The molecule has 8 nitrogen and oxygen atoms in total. The first-order valence-corrected chi connectivity index (χ1v) is 12.4. The lowest BCUT2D eigenvalue weighted by Gasteiger charge is -2.07. The summed E-state index contributed by atoms with van der Waals surface area (Å²) in [5, 5.41) is 12.2. The minimum atomic E-state index is -0.291. The highest BCUT2D eigenvalue weighted by molar-refractivity contribution is 6.00. The standard InChI is InChI=1S/C29H24FN7O/c1-2-3-7-27(38)34-20-11-18(14-31-15-20)24-13-23-26(16-33-24)36-37-28(23)25-12-22-21(8-9-32-29(22)35-25)17-5-4-6-19(30)10-17/h4-6,8-16H,2-3,7H2,1H3,(H,32,35)(H,34,38)(H,36,37). The number of benzene rings is 1. The fraction of sp³-hybridized carbons (Fsp3) is 0.138. The van der Waals surface area contributed by atoms with Crippen LogP contribution in [0.15, 0.2) is 73.3 Å². The van der Waals surface area contributed by atoms with Crippen molar-refractivity contribution in [2.24, 2.45) is 0 Å². The normalized spacial score (nSPS) is 11.3. The van der Waals surface area contributed by atoms with Gasteiger partial charge in [0.15, 0.2) is 0 Å². The smallest absolute Gasteiger partial charge is 0.224 e.